The largest absolute Gasteiger partial charge is 0.453 e. The Balaban J connectivity index is 1.34. The first-order valence-electron chi connectivity index (χ1n) is 10.7. The number of hydrogen-bond donors (Lipinski definition) is 2. The summed E-state index contributed by atoms with van der Waals surface area (Å²) in [6, 6.07) is 10.2. The van der Waals surface area contributed by atoms with Crippen molar-refractivity contribution in [1.29, 1.82) is 5.26 Å². The number of nitrogens with one attached hydrogen (secondary N) is 2. The minimum Gasteiger partial charge on any atom is -0.453 e. The molecule has 2 heterocycles. The molecule has 0 bridgehead atoms. The van der Waals surface area contributed by atoms with Gasteiger partial charge in [-0.1, -0.05) is 24.6 Å². The second kappa shape index (κ2) is 9.36. The Hall–Kier alpha value is -3.11. The van der Waals surface area contributed by atoms with E-state index in [0.717, 1.165) is 47.7 Å². The molecule has 1 aliphatic carbocycles. The van der Waals surface area contributed by atoms with Gasteiger partial charge in [0.25, 0.3) is 5.91 Å². The van der Waals surface area contributed by atoms with E-state index in [1.54, 1.807) is 6.92 Å². The van der Waals surface area contributed by atoms with Gasteiger partial charge in [-0.15, -0.1) is 11.3 Å². The molecule has 0 radical (unpaired) electrons. The van der Waals surface area contributed by atoms with E-state index in [4.69, 9.17) is 4.74 Å². The lowest BCUT2D eigenvalue weighted by Gasteiger charge is -2.13. The van der Waals surface area contributed by atoms with Crippen molar-refractivity contribution in [1.82, 2.24) is 4.98 Å². The third kappa shape index (κ3) is 4.64. The molecule has 4 rings (SSSR count). The van der Waals surface area contributed by atoms with Crippen molar-refractivity contribution in [3.05, 3.63) is 52.0 Å². The molecule has 1 amide bonds. The smallest absolute Gasteiger partial charge is 0.306 e. The van der Waals surface area contributed by atoms with Gasteiger partial charge in [0, 0.05) is 28.4 Å². The number of esters is 1. The fraction of sp³-hybridized carbons (Fsp3) is 0.375. The van der Waals surface area contributed by atoms with Crippen molar-refractivity contribution in [2.45, 2.75) is 58.0 Å². The number of carbonyl (C=O) groups excluding carboxylic acids is 2. The molecule has 1 aliphatic rings. The zero-order valence-corrected chi connectivity index (χ0v) is 18.3. The van der Waals surface area contributed by atoms with Crippen LogP contribution in [-0.4, -0.2) is 23.0 Å². The second-order valence-electron chi connectivity index (χ2n) is 7.86. The quantitative estimate of drug-likeness (QED) is 0.426. The fourth-order valence-electron chi connectivity index (χ4n) is 4.05. The summed E-state index contributed by atoms with van der Waals surface area (Å²) in [5.74, 6) is -0.830. The number of benzene rings is 1. The number of fused-ring (bicyclic) bond motifs is 2. The number of ether oxygens (including phenoxy) is 1. The van der Waals surface area contributed by atoms with Gasteiger partial charge in [0.05, 0.1) is 5.56 Å². The van der Waals surface area contributed by atoms with Gasteiger partial charge in [-0.2, -0.15) is 5.26 Å². The average molecular weight is 436 g/mol. The molecule has 2 aromatic heterocycles. The third-order valence-corrected chi connectivity index (χ3v) is 6.93. The summed E-state index contributed by atoms with van der Waals surface area (Å²) < 4.78 is 5.35. The maximum atomic E-state index is 12.6. The Bertz CT molecular complexity index is 1150. The van der Waals surface area contributed by atoms with Crippen molar-refractivity contribution in [3.63, 3.8) is 0 Å². The zero-order chi connectivity index (χ0) is 21.8. The third-order valence-electron chi connectivity index (χ3n) is 5.72. The monoisotopic (exact) mass is 435 g/mol. The van der Waals surface area contributed by atoms with Crippen molar-refractivity contribution in [2.24, 2.45) is 0 Å². The predicted octanol–water partition coefficient (Wildman–Crippen LogP) is 4.87. The first-order chi connectivity index (χ1) is 15.1. The molecule has 6 nitrogen and oxygen atoms in total. The van der Waals surface area contributed by atoms with Crippen LogP contribution in [0.5, 0.6) is 0 Å². The molecule has 160 valence electrons. The number of aromatic amines is 1. The molecule has 0 saturated carbocycles. The van der Waals surface area contributed by atoms with Crippen molar-refractivity contribution >= 4 is 39.1 Å². The SMILES string of the molecule is CC(OC(=O)CCc1c[nH]c2ccccc12)C(=O)Nc1sc2c(c1C#N)CCCCC2. The van der Waals surface area contributed by atoms with E-state index in [2.05, 4.69) is 16.4 Å². The Labute approximate surface area is 185 Å². The van der Waals surface area contributed by atoms with Crippen molar-refractivity contribution < 1.29 is 14.3 Å². The molecule has 2 N–H and O–H groups in total. The Morgan fingerprint density at radius 3 is 2.90 bits per heavy atom. The number of aryl methyl sites for hydroxylation is 2. The number of thiophene rings is 1. The highest BCUT2D eigenvalue weighted by molar-refractivity contribution is 7.16. The minimum absolute atomic E-state index is 0.191. The summed E-state index contributed by atoms with van der Waals surface area (Å²) in [6.45, 7) is 1.56. The fourth-order valence-corrected chi connectivity index (χ4v) is 5.29. The molecule has 1 unspecified atom stereocenters. The number of nitriles is 1. The van der Waals surface area contributed by atoms with Gasteiger partial charge in [0.2, 0.25) is 0 Å². The van der Waals surface area contributed by atoms with Crippen LogP contribution in [0.15, 0.2) is 30.5 Å². The normalized spacial score (nSPS) is 14.3. The van der Waals surface area contributed by atoms with E-state index in [9.17, 15) is 14.9 Å². The van der Waals surface area contributed by atoms with Gasteiger partial charge >= 0.3 is 5.97 Å². The summed E-state index contributed by atoms with van der Waals surface area (Å²) >= 11 is 1.48. The first kappa shape index (κ1) is 21.1. The van der Waals surface area contributed by atoms with E-state index >= 15 is 0 Å². The van der Waals surface area contributed by atoms with Gasteiger partial charge in [-0.3, -0.25) is 9.59 Å². The van der Waals surface area contributed by atoms with E-state index in [0.29, 0.717) is 17.0 Å². The summed E-state index contributed by atoms with van der Waals surface area (Å²) in [7, 11) is 0. The number of carbonyl (C=O) groups is 2. The van der Waals surface area contributed by atoms with Crippen molar-refractivity contribution in [3.8, 4) is 6.07 Å². The number of aromatic nitrogens is 1. The molecule has 0 aliphatic heterocycles. The Morgan fingerprint density at radius 2 is 2.06 bits per heavy atom. The Kier molecular flexibility index (Phi) is 6.38. The standard InChI is InChI=1S/C24H25N3O3S/c1-15(30-22(28)12-11-16-14-26-20-9-6-5-7-17(16)20)23(29)27-24-19(13-25)18-8-3-2-4-10-21(18)31-24/h5-7,9,14-15,26H,2-4,8,10-12H2,1H3,(H,27,29). The number of rotatable bonds is 6. The summed E-state index contributed by atoms with van der Waals surface area (Å²) in [5, 5.41) is 14.1. The molecule has 1 atom stereocenters. The number of amides is 1. The molecule has 3 aromatic rings. The van der Waals surface area contributed by atoms with Gasteiger partial charge in [0.1, 0.15) is 11.1 Å². The number of hydrogen-bond acceptors (Lipinski definition) is 5. The lowest BCUT2D eigenvalue weighted by molar-refractivity contribution is -0.153. The van der Waals surface area contributed by atoms with Crippen LogP contribution >= 0.6 is 11.3 Å². The molecule has 7 heteroatoms. The topological polar surface area (TPSA) is 95.0 Å². The van der Waals surface area contributed by atoms with E-state index in [-0.39, 0.29) is 6.42 Å². The molecule has 0 saturated heterocycles. The van der Waals surface area contributed by atoms with Crippen LogP contribution < -0.4 is 5.32 Å². The minimum atomic E-state index is -0.927. The van der Waals surface area contributed by atoms with E-state index in [1.165, 1.54) is 22.6 Å². The highest BCUT2D eigenvalue weighted by Gasteiger charge is 2.24. The Morgan fingerprint density at radius 1 is 1.26 bits per heavy atom. The summed E-state index contributed by atoms with van der Waals surface area (Å²) in [4.78, 5) is 29.3. The molecule has 31 heavy (non-hydrogen) atoms. The lowest BCUT2D eigenvalue weighted by Crippen LogP contribution is -2.30. The molecule has 0 fully saturated rings. The van der Waals surface area contributed by atoms with Gasteiger partial charge in [-0.05, 0) is 56.2 Å². The predicted molar refractivity (Wildman–Crippen MR) is 121 cm³/mol. The molecule has 0 spiro atoms. The second-order valence-corrected chi connectivity index (χ2v) is 8.97. The molecular formula is C24H25N3O3S. The van der Waals surface area contributed by atoms with Gasteiger partial charge in [0.15, 0.2) is 6.10 Å². The van der Waals surface area contributed by atoms with Crippen LogP contribution in [0.3, 0.4) is 0 Å². The maximum Gasteiger partial charge on any atom is 0.306 e. The van der Waals surface area contributed by atoms with Crippen LogP contribution in [0.4, 0.5) is 5.00 Å². The molecule has 1 aromatic carbocycles. The highest BCUT2D eigenvalue weighted by Crippen LogP contribution is 2.37. The number of H-pyrrole nitrogens is 1. The van der Waals surface area contributed by atoms with Crippen molar-refractivity contribution in [2.75, 3.05) is 5.32 Å². The van der Waals surface area contributed by atoms with Crippen LogP contribution in [-0.2, 0) is 33.6 Å². The summed E-state index contributed by atoms with van der Waals surface area (Å²) in [6.07, 6.45) is 6.86. The van der Waals surface area contributed by atoms with E-state index < -0.39 is 18.0 Å². The van der Waals surface area contributed by atoms with Crippen LogP contribution in [0.1, 0.15) is 54.2 Å². The van der Waals surface area contributed by atoms with E-state index in [1.807, 2.05) is 30.5 Å². The maximum absolute atomic E-state index is 12.6. The van der Waals surface area contributed by atoms with Crippen LogP contribution in [0.2, 0.25) is 0 Å². The molecular weight excluding hydrogens is 410 g/mol. The van der Waals surface area contributed by atoms with Crippen LogP contribution in [0, 0.1) is 11.3 Å². The lowest BCUT2D eigenvalue weighted by atomic mass is 10.1. The highest BCUT2D eigenvalue weighted by atomic mass is 32.1. The zero-order valence-electron chi connectivity index (χ0n) is 17.5. The van der Waals surface area contributed by atoms with Gasteiger partial charge in [-0.25, -0.2) is 0 Å². The first-order valence-corrected chi connectivity index (χ1v) is 11.5. The van der Waals surface area contributed by atoms with Crippen LogP contribution in [0.25, 0.3) is 10.9 Å². The number of anilines is 1. The number of para-hydroxylation sites is 1. The summed E-state index contributed by atoms with van der Waals surface area (Å²) in [5.41, 5.74) is 3.71. The number of nitrogens with zero attached hydrogens (tertiary/aromatic N) is 1. The van der Waals surface area contributed by atoms with Gasteiger partial charge < -0.3 is 15.0 Å². The average Bonchev–Trinajstić information content (AvgIpc) is 3.24.